The summed E-state index contributed by atoms with van der Waals surface area (Å²) < 4.78 is 5.56. The van der Waals surface area contributed by atoms with E-state index in [-0.39, 0.29) is 5.76 Å². The lowest BCUT2D eigenvalue weighted by Crippen LogP contribution is -2.55. The molecular weight excluding hydrogens is 314 g/mol. The number of carboxylic acid groups (broad SMARTS) is 1. The Kier molecular flexibility index (Phi) is 3.61. The third kappa shape index (κ3) is 2.78. The van der Waals surface area contributed by atoms with Crippen LogP contribution in [-0.4, -0.2) is 17.4 Å². The molecule has 0 bridgehead atoms. The van der Waals surface area contributed by atoms with E-state index in [2.05, 4.69) is 21.2 Å². The summed E-state index contributed by atoms with van der Waals surface area (Å²) in [6.45, 7) is 1.61. The minimum absolute atomic E-state index is 0.105. The van der Waals surface area contributed by atoms with Crippen LogP contribution < -0.4 is 10.4 Å². The van der Waals surface area contributed by atoms with Gasteiger partial charge in [-0.3, -0.25) is 4.79 Å². The average molecular weight is 325 g/mol. The van der Waals surface area contributed by atoms with Crippen molar-refractivity contribution in [3.63, 3.8) is 0 Å². The van der Waals surface area contributed by atoms with Crippen LogP contribution in [0.15, 0.2) is 45.5 Å². The van der Waals surface area contributed by atoms with Crippen molar-refractivity contribution in [2.24, 2.45) is 5.92 Å². The lowest BCUT2D eigenvalue weighted by molar-refractivity contribution is -0.311. The van der Waals surface area contributed by atoms with Crippen molar-refractivity contribution in [2.45, 2.75) is 12.5 Å². The van der Waals surface area contributed by atoms with Crippen LogP contribution in [0.1, 0.15) is 17.5 Å². The summed E-state index contributed by atoms with van der Waals surface area (Å²) in [5.41, 5.74) is -1.05. The number of nitrogens with one attached hydrogen (secondary N) is 1. The number of carboxylic acids is 1. The van der Waals surface area contributed by atoms with E-state index in [1.165, 1.54) is 12.1 Å². The predicted molar refractivity (Wildman–Crippen MR) is 69.1 cm³/mol. The maximum atomic E-state index is 12.0. The lowest BCUT2D eigenvalue weighted by atomic mass is 9.82. The topological polar surface area (TPSA) is 82.4 Å². The predicted octanol–water partition coefficient (Wildman–Crippen LogP) is 1.02. The number of hydrogen-bond acceptors (Lipinski definition) is 4. The number of furan rings is 1. The SMILES string of the molecule is CC1(NC(=O)c2ccc(Br)o2)C=CC=CC1C(=O)[O-]. The Morgan fingerprint density at radius 2 is 2.16 bits per heavy atom. The third-order valence-electron chi connectivity index (χ3n) is 2.94. The van der Waals surface area contributed by atoms with Gasteiger partial charge in [-0.2, -0.15) is 0 Å². The molecule has 19 heavy (non-hydrogen) atoms. The molecule has 0 aliphatic heterocycles. The van der Waals surface area contributed by atoms with Crippen LogP contribution in [0.3, 0.4) is 0 Å². The van der Waals surface area contributed by atoms with Gasteiger partial charge in [0.2, 0.25) is 0 Å². The van der Waals surface area contributed by atoms with E-state index < -0.39 is 23.3 Å². The second-order valence-electron chi connectivity index (χ2n) is 4.38. The van der Waals surface area contributed by atoms with Gasteiger partial charge in [-0.25, -0.2) is 0 Å². The van der Waals surface area contributed by atoms with Crippen LogP contribution >= 0.6 is 15.9 Å². The number of hydrogen-bond donors (Lipinski definition) is 1. The molecule has 1 aliphatic rings. The first-order valence-electron chi connectivity index (χ1n) is 5.57. The van der Waals surface area contributed by atoms with Crippen molar-refractivity contribution in [2.75, 3.05) is 0 Å². The van der Waals surface area contributed by atoms with Gasteiger partial charge in [-0.05, 0) is 35.0 Å². The van der Waals surface area contributed by atoms with E-state index in [1.54, 1.807) is 31.2 Å². The van der Waals surface area contributed by atoms with Crippen LogP contribution in [-0.2, 0) is 4.79 Å². The number of aliphatic carboxylic acids is 1. The largest absolute Gasteiger partial charge is 0.549 e. The molecule has 6 heteroatoms. The highest BCUT2D eigenvalue weighted by Crippen LogP contribution is 2.25. The number of amides is 1. The molecule has 0 saturated carbocycles. The van der Waals surface area contributed by atoms with E-state index in [1.807, 2.05) is 0 Å². The molecule has 1 aliphatic carbocycles. The second-order valence-corrected chi connectivity index (χ2v) is 5.16. The van der Waals surface area contributed by atoms with E-state index in [0.29, 0.717) is 4.67 Å². The summed E-state index contributed by atoms with van der Waals surface area (Å²) >= 11 is 3.10. The fourth-order valence-electron chi connectivity index (χ4n) is 1.92. The summed E-state index contributed by atoms with van der Waals surface area (Å²) in [7, 11) is 0. The molecule has 0 fully saturated rings. The molecular formula is C13H11BrNO4-. The molecule has 0 spiro atoms. The van der Waals surface area contributed by atoms with Crippen molar-refractivity contribution in [3.8, 4) is 0 Å². The minimum atomic E-state index is -1.25. The number of rotatable bonds is 3. The molecule has 1 amide bonds. The lowest BCUT2D eigenvalue weighted by Gasteiger charge is -2.36. The van der Waals surface area contributed by atoms with Crippen LogP contribution in [0.4, 0.5) is 0 Å². The molecule has 100 valence electrons. The Labute approximate surface area is 118 Å². The quantitative estimate of drug-likeness (QED) is 0.900. The van der Waals surface area contributed by atoms with Crippen molar-refractivity contribution in [1.82, 2.24) is 5.32 Å². The normalized spacial score (nSPS) is 25.3. The minimum Gasteiger partial charge on any atom is -0.549 e. The monoisotopic (exact) mass is 324 g/mol. The van der Waals surface area contributed by atoms with Crippen LogP contribution in [0, 0.1) is 5.92 Å². The van der Waals surface area contributed by atoms with Crippen molar-refractivity contribution in [3.05, 3.63) is 46.9 Å². The first-order chi connectivity index (χ1) is 8.92. The molecule has 2 rings (SSSR count). The first-order valence-corrected chi connectivity index (χ1v) is 6.36. The van der Waals surface area contributed by atoms with Crippen molar-refractivity contribution in [1.29, 1.82) is 0 Å². The Morgan fingerprint density at radius 1 is 1.42 bits per heavy atom. The number of allylic oxidation sites excluding steroid dienone is 2. The highest BCUT2D eigenvalue weighted by atomic mass is 79.9. The van der Waals surface area contributed by atoms with E-state index in [0.717, 1.165) is 0 Å². The van der Waals surface area contributed by atoms with E-state index >= 15 is 0 Å². The third-order valence-corrected chi connectivity index (χ3v) is 3.36. The van der Waals surface area contributed by atoms with Crippen molar-refractivity contribution < 1.29 is 19.1 Å². The molecule has 2 atom stereocenters. The highest BCUT2D eigenvalue weighted by molar-refractivity contribution is 9.10. The maximum Gasteiger partial charge on any atom is 0.287 e. The Balaban J connectivity index is 2.21. The van der Waals surface area contributed by atoms with Gasteiger partial charge in [0.25, 0.3) is 5.91 Å². The fourth-order valence-corrected chi connectivity index (χ4v) is 2.23. The molecule has 1 aromatic heterocycles. The summed E-state index contributed by atoms with van der Waals surface area (Å²) in [6, 6.07) is 3.09. The second kappa shape index (κ2) is 5.05. The van der Waals surface area contributed by atoms with Gasteiger partial charge in [-0.1, -0.05) is 24.3 Å². The maximum absolute atomic E-state index is 12.0. The Morgan fingerprint density at radius 3 is 2.74 bits per heavy atom. The average Bonchev–Trinajstić information content (AvgIpc) is 2.75. The summed E-state index contributed by atoms with van der Waals surface area (Å²) in [5.74, 6) is -2.56. The molecule has 0 aromatic carbocycles. The molecule has 0 radical (unpaired) electrons. The number of halogens is 1. The van der Waals surface area contributed by atoms with Gasteiger partial charge in [0, 0.05) is 5.92 Å². The van der Waals surface area contributed by atoms with Crippen LogP contribution in [0.5, 0.6) is 0 Å². The number of carbonyl (C=O) groups excluding carboxylic acids is 2. The van der Waals surface area contributed by atoms with Gasteiger partial charge < -0.3 is 19.6 Å². The fraction of sp³-hybridized carbons (Fsp3) is 0.231. The van der Waals surface area contributed by atoms with Crippen LogP contribution in [0.25, 0.3) is 0 Å². The zero-order valence-electron chi connectivity index (χ0n) is 10.1. The highest BCUT2D eigenvalue weighted by Gasteiger charge is 2.34. The zero-order chi connectivity index (χ0) is 14.0. The van der Waals surface area contributed by atoms with Gasteiger partial charge >= 0.3 is 0 Å². The standard InChI is InChI=1S/C13H12BrNO4/c1-13(7-3-2-4-8(13)12(17)18)15-11(16)9-5-6-10(14)19-9/h2-8H,1H3,(H,15,16)(H,17,18)/p-1. The Bertz CT molecular complexity index is 575. The van der Waals surface area contributed by atoms with Gasteiger partial charge in [-0.15, -0.1) is 0 Å². The molecule has 0 saturated heterocycles. The van der Waals surface area contributed by atoms with Gasteiger partial charge in [0.05, 0.1) is 11.5 Å². The van der Waals surface area contributed by atoms with Crippen molar-refractivity contribution >= 4 is 27.8 Å². The summed E-state index contributed by atoms with van der Waals surface area (Å²) in [6.07, 6.45) is 6.38. The molecule has 1 aromatic rings. The van der Waals surface area contributed by atoms with E-state index in [9.17, 15) is 14.7 Å². The zero-order valence-corrected chi connectivity index (χ0v) is 11.6. The summed E-state index contributed by atoms with van der Waals surface area (Å²) in [4.78, 5) is 23.1. The Hall–Kier alpha value is -1.82. The molecule has 2 unspecified atom stereocenters. The molecule has 1 N–H and O–H groups in total. The van der Waals surface area contributed by atoms with Crippen LogP contribution in [0.2, 0.25) is 0 Å². The molecule has 1 heterocycles. The van der Waals surface area contributed by atoms with Gasteiger partial charge in [0.15, 0.2) is 10.4 Å². The van der Waals surface area contributed by atoms with E-state index in [4.69, 9.17) is 4.42 Å². The van der Waals surface area contributed by atoms with Gasteiger partial charge in [0.1, 0.15) is 0 Å². The first kappa shape index (κ1) is 13.6. The summed E-state index contributed by atoms with van der Waals surface area (Å²) in [5, 5.41) is 13.8. The number of carbonyl (C=O) groups is 2. The molecule has 5 nitrogen and oxygen atoms in total. The smallest absolute Gasteiger partial charge is 0.287 e.